The van der Waals surface area contributed by atoms with E-state index < -0.39 is 11.7 Å². The standard InChI is InChI=1S/C14H15BFN3O2/c1-7-12(9(13(17)20)6-19(2)14(7)21)18-11-4-3-8(15)5-10(11)16/h3-6,18H,15H2,1-2H3,(H2,17,20). The Hall–Kier alpha value is -2.57. The number of aryl methyl sites for hydroxylation is 1. The third-order valence-electron chi connectivity index (χ3n) is 3.26. The van der Waals surface area contributed by atoms with E-state index in [4.69, 9.17) is 5.73 Å². The molecule has 7 heteroatoms. The zero-order chi connectivity index (χ0) is 15.7. The molecule has 2 rings (SSSR count). The van der Waals surface area contributed by atoms with Gasteiger partial charge in [0.05, 0.1) is 16.9 Å². The van der Waals surface area contributed by atoms with Crippen LogP contribution in [-0.4, -0.2) is 18.3 Å². The molecule has 1 heterocycles. The molecule has 1 aromatic carbocycles. The van der Waals surface area contributed by atoms with Crippen molar-refractivity contribution in [3.63, 3.8) is 0 Å². The fraction of sp³-hybridized carbons (Fsp3) is 0.143. The summed E-state index contributed by atoms with van der Waals surface area (Å²) in [6.07, 6.45) is 1.34. The van der Waals surface area contributed by atoms with Crippen molar-refractivity contribution < 1.29 is 9.18 Å². The number of benzene rings is 1. The quantitative estimate of drug-likeness (QED) is 0.776. The van der Waals surface area contributed by atoms with Gasteiger partial charge >= 0.3 is 0 Å². The van der Waals surface area contributed by atoms with Crippen LogP contribution in [0.5, 0.6) is 0 Å². The number of hydrogen-bond acceptors (Lipinski definition) is 3. The van der Waals surface area contributed by atoms with E-state index in [2.05, 4.69) is 5.32 Å². The molecule has 0 fully saturated rings. The van der Waals surface area contributed by atoms with Crippen LogP contribution < -0.4 is 22.1 Å². The second-order valence-electron chi connectivity index (χ2n) is 4.93. The van der Waals surface area contributed by atoms with Gasteiger partial charge in [0.2, 0.25) is 0 Å². The second kappa shape index (κ2) is 5.44. The molecule has 0 saturated heterocycles. The number of nitrogens with one attached hydrogen (secondary N) is 1. The monoisotopic (exact) mass is 287 g/mol. The third-order valence-corrected chi connectivity index (χ3v) is 3.26. The van der Waals surface area contributed by atoms with Crippen molar-refractivity contribution >= 4 is 30.6 Å². The van der Waals surface area contributed by atoms with Crippen LogP contribution in [0, 0.1) is 12.7 Å². The van der Waals surface area contributed by atoms with Crippen molar-refractivity contribution in [3.05, 3.63) is 51.7 Å². The first kappa shape index (κ1) is 14.8. The Morgan fingerprint density at radius 2 is 2.10 bits per heavy atom. The first-order valence-corrected chi connectivity index (χ1v) is 6.34. The summed E-state index contributed by atoms with van der Waals surface area (Å²) < 4.78 is 15.2. The highest BCUT2D eigenvalue weighted by atomic mass is 19.1. The number of aromatic nitrogens is 1. The smallest absolute Gasteiger partial charge is 0.255 e. The van der Waals surface area contributed by atoms with Crippen molar-refractivity contribution in [2.24, 2.45) is 12.8 Å². The summed E-state index contributed by atoms with van der Waals surface area (Å²) in [5, 5.41) is 2.80. The molecule has 0 atom stereocenters. The topological polar surface area (TPSA) is 77.1 Å². The lowest BCUT2D eigenvalue weighted by Crippen LogP contribution is -2.25. The van der Waals surface area contributed by atoms with Gasteiger partial charge in [0.15, 0.2) is 0 Å². The Bertz CT molecular complexity index is 787. The molecule has 108 valence electrons. The molecule has 1 amide bonds. The molecule has 3 N–H and O–H groups in total. The van der Waals surface area contributed by atoms with E-state index in [9.17, 15) is 14.0 Å². The number of hydrogen-bond donors (Lipinski definition) is 2. The van der Waals surface area contributed by atoms with Gasteiger partial charge < -0.3 is 15.6 Å². The van der Waals surface area contributed by atoms with Gasteiger partial charge in [0, 0.05) is 18.8 Å². The molecule has 0 aliphatic carbocycles. The Morgan fingerprint density at radius 1 is 1.43 bits per heavy atom. The number of primary amides is 1. The van der Waals surface area contributed by atoms with Crippen LogP contribution in [0.4, 0.5) is 15.8 Å². The molecule has 0 spiro atoms. The van der Waals surface area contributed by atoms with E-state index in [1.807, 2.05) is 0 Å². The van der Waals surface area contributed by atoms with Gasteiger partial charge in [-0.15, -0.1) is 0 Å². The first-order chi connectivity index (χ1) is 9.81. The van der Waals surface area contributed by atoms with Crippen molar-refractivity contribution in [1.29, 1.82) is 0 Å². The molecule has 0 saturated carbocycles. The Balaban J connectivity index is 2.60. The lowest BCUT2D eigenvalue weighted by Gasteiger charge is -2.15. The van der Waals surface area contributed by atoms with Crippen molar-refractivity contribution in [1.82, 2.24) is 4.57 Å². The normalized spacial score (nSPS) is 10.4. The molecule has 21 heavy (non-hydrogen) atoms. The number of nitrogens with zero attached hydrogens (tertiary/aromatic N) is 1. The van der Waals surface area contributed by atoms with Crippen LogP contribution in [0.25, 0.3) is 0 Å². The maximum absolute atomic E-state index is 13.9. The van der Waals surface area contributed by atoms with E-state index >= 15 is 0 Å². The number of nitrogens with two attached hydrogens (primary N) is 1. The number of amides is 1. The minimum Gasteiger partial charge on any atom is -0.365 e. The summed E-state index contributed by atoms with van der Waals surface area (Å²) in [5.41, 5.74) is 6.66. The van der Waals surface area contributed by atoms with Crippen molar-refractivity contribution in [2.45, 2.75) is 6.92 Å². The predicted octanol–water partition coefficient (Wildman–Crippen LogP) is -0.0663. The fourth-order valence-corrected chi connectivity index (χ4v) is 2.09. The molecule has 0 aliphatic rings. The van der Waals surface area contributed by atoms with Crippen LogP contribution in [-0.2, 0) is 7.05 Å². The fourth-order valence-electron chi connectivity index (χ4n) is 2.09. The van der Waals surface area contributed by atoms with E-state index in [1.54, 1.807) is 26.9 Å². The predicted molar refractivity (Wildman–Crippen MR) is 82.8 cm³/mol. The Kier molecular flexibility index (Phi) is 3.84. The van der Waals surface area contributed by atoms with Crippen molar-refractivity contribution in [3.8, 4) is 0 Å². The maximum Gasteiger partial charge on any atom is 0.255 e. The highest BCUT2D eigenvalue weighted by Gasteiger charge is 2.16. The van der Waals surface area contributed by atoms with E-state index in [0.29, 0.717) is 5.56 Å². The molecule has 0 aliphatic heterocycles. The summed E-state index contributed by atoms with van der Waals surface area (Å²) in [4.78, 5) is 23.5. The summed E-state index contributed by atoms with van der Waals surface area (Å²) in [6.45, 7) is 1.56. The van der Waals surface area contributed by atoms with E-state index in [1.165, 1.54) is 23.9 Å². The Morgan fingerprint density at radius 3 is 2.67 bits per heavy atom. The van der Waals surface area contributed by atoms with Gasteiger partial charge in [-0.3, -0.25) is 9.59 Å². The van der Waals surface area contributed by atoms with Crippen molar-refractivity contribution in [2.75, 3.05) is 5.32 Å². The summed E-state index contributed by atoms with van der Waals surface area (Å²) in [7, 11) is 3.29. The van der Waals surface area contributed by atoms with Crippen LogP contribution >= 0.6 is 0 Å². The van der Waals surface area contributed by atoms with Gasteiger partial charge in [0.1, 0.15) is 13.7 Å². The largest absolute Gasteiger partial charge is 0.365 e. The summed E-state index contributed by atoms with van der Waals surface area (Å²) in [5.74, 6) is -1.16. The van der Waals surface area contributed by atoms with Crippen LogP contribution in [0.3, 0.4) is 0 Å². The second-order valence-corrected chi connectivity index (χ2v) is 4.93. The number of rotatable bonds is 3. The molecular formula is C14H15BFN3O2. The number of carbonyl (C=O) groups excluding carboxylic acids is 1. The average Bonchev–Trinajstić information content (AvgIpc) is 2.41. The number of carbonyl (C=O) groups is 1. The summed E-state index contributed by atoms with van der Waals surface area (Å²) in [6, 6.07) is 4.64. The lowest BCUT2D eigenvalue weighted by molar-refractivity contribution is 0.1000. The molecular weight excluding hydrogens is 272 g/mol. The molecule has 5 nitrogen and oxygen atoms in total. The molecule has 0 bridgehead atoms. The van der Waals surface area contributed by atoms with Crippen LogP contribution in [0.1, 0.15) is 15.9 Å². The van der Waals surface area contributed by atoms with E-state index in [0.717, 1.165) is 5.46 Å². The molecule has 0 unspecified atom stereocenters. The Labute approximate surface area is 122 Å². The maximum atomic E-state index is 13.9. The molecule has 0 radical (unpaired) electrons. The van der Waals surface area contributed by atoms with Crippen LogP contribution in [0.2, 0.25) is 0 Å². The molecule has 1 aromatic heterocycles. The van der Waals surface area contributed by atoms with E-state index in [-0.39, 0.29) is 22.5 Å². The highest BCUT2D eigenvalue weighted by Crippen LogP contribution is 2.24. The van der Waals surface area contributed by atoms with Gasteiger partial charge in [-0.2, -0.15) is 0 Å². The first-order valence-electron chi connectivity index (χ1n) is 6.34. The SMILES string of the molecule is Bc1ccc(Nc2c(C(N)=O)cn(C)c(=O)c2C)c(F)c1. The van der Waals surface area contributed by atoms with Gasteiger partial charge in [0.25, 0.3) is 11.5 Å². The lowest BCUT2D eigenvalue weighted by atomic mass is 9.96. The number of anilines is 2. The average molecular weight is 287 g/mol. The zero-order valence-corrected chi connectivity index (χ0v) is 12.0. The highest BCUT2D eigenvalue weighted by molar-refractivity contribution is 6.32. The summed E-state index contributed by atoms with van der Waals surface area (Å²) >= 11 is 0. The zero-order valence-electron chi connectivity index (χ0n) is 12.0. The molecule has 2 aromatic rings. The van der Waals surface area contributed by atoms with Gasteiger partial charge in [-0.1, -0.05) is 11.5 Å². The van der Waals surface area contributed by atoms with Crippen LogP contribution in [0.15, 0.2) is 29.2 Å². The third kappa shape index (κ3) is 2.81. The van der Waals surface area contributed by atoms with Gasteiger partial charge in [-0.25, -0.2) is 4.39 Å². The number of pyridine rings is 1. The van der Waals surface area contributed by atoms with Gasteiger partial charge in [-0.05, 0) is 19.1 Å². The number of halogens is 1. The minimum absolute atomic E-state index is 0.134. The minimum atomic E-state index is -0.691.